The zero-order valence-electron chi connectivity index (χ0n) is 12.9. The van der Waals surface area contributed by atoms with Gasteiger partial charge in [0.25, 0.3) is 0 Å². The van der Waals surface area contributed by atoms with E-state index in [1.807, 2.05) is 11.8 Å². The Labute approximate surface area is 126 Å². The molecule has 0 unspecified atom stereocenters. The van der Waals surface area contributed by atoms with E-state index in [4.69, 9.17) is 10.3 Å². The van der Waals surface area contributed by atoms with E-state index in [0.717, 1.165) is 64.0 Å². The third kappa shape index (κ3) is 4.81. The van der Waals surface area contributed by atoms with E-state index in [2.05, 4.69) is 10.1 Å². The summed E-state index contributed by atoms with van der Waals surface area (Å²) in [5.41, 5.74) is 5.46. The molecule has 0 aliphatic carbocycles. The van der Waals surface area contributed by atoms with Gasteiger partial charge in [0, 0.05) is 25.4 Å². The molecule has 2 N–H and O–H groups in total. The highest BCUT2D eigenvalue weighted by Gasteiger charge is 2.26. The molecule has 6 nitrogen and oxygen atoms in total. The minimum atomic E-state index is 0.280. The number of piperidine rings is 1. The van der Waals surface area contributed by atoms with Crippen molar-refractivity contribution >= 4 is 5.91 Å². The number of unbranched alkanes of at least 4 members (excludes halogenated alkanes) is 3. The molecular formula is C15H26N4O2. The molecule has 0 radical (unpaired) electrons. The number of nitrogens with two attached hydrogens (primary N) is 1. The van der Waals surface area contributed by atoms with Crippen molar-refractivity contribution < 1.29 is 9.32 Å². The van der Waals surface area contributed by atoms with Gasteiger partial charge in [-0.15, -0.1) is 0 Å². The molecule has 1 aromatic heterocycles. The molecule has 6 heteroatoms. The van der Waals surface area contributed by atoms with Gasteiger partial charge in [0.1, 0.15) is 0 Å². The van der Waals surface area contributed by atoms with Gasteiger partial charge in [-0.1, -0.05) is 18.0 Å². The van der Waals surface area contributed by atoms with Gasteiger partial charge in [-0.05, 0) is 39.2 Å². The first kappa shape index (κ1) is 15.9. The monoisotopic (exact) mass is 294 g/mol. The first-order valence-electron chi connectivity index (χ1n) is 7.98. The molecule has 1 aliphatic heterocycles. The summed E-state index contributed by atoms with van der Waals surface area (Å²) in [4.78, 5) is 18.4. The summed E-state index contributed by atoms with van der Waals surface area (Å²) >= 11 is 0. The average Bonchev–Trinajstić information content (AvgIpc) is 2.93. The number of likely N-dealkylation sites (tertiary alicyclic amines) is 1. The summed E-state index contributed by atoms with van der Waals surface area (Å²) in [6.45, 7) is 4.17. The minimum Gasteiger partial charge on any atom is -0.343 e. The summed E-state index contributed by atoms with van der Waals surface area (Å²) in [5, 5.41) is 3.84. The Kier molecular flexibility index (Phi) is 6.17. The maximum Gasteiger partial charge on any atom is 0.229 e. The second-order valence-corrected chi connectivity index (χ2v) is 5.79. The van der Waals surface area contributed by atoms with Crippen LogP contribution in [0.2, 0.25) is 0 Å². The molecule has 118 valence electrons. The van der Waals surface area contributed by atoms with Crippen molar-refractivity contribution in [2.24, 2.45) is 5.73 Å². The second kappa shape index (κ2) is 8.12. The molecule has 2 heterocycles. The van der Waals surface area contributed by atoms with Gasteiger partial charge in [0.2, 0.25) is 11.8 Å². The van der Waals surface area contributed by atoms with Crippen LogP contribution in [0.3, 0.4) is 0 Å². The van der Waals surface area contributed by atoms with Crippen LogP contribution >= 0.6 is 0 Å². The number of aryl methyl sites for hydroxylation is 1. The van der Waals surface area contributed by atoms with E-state index in [9.17, 15) is 4.79 Å². The van der Waals surface area contributed by atoms with E-state index in [-0.39, 0.29) is 5.91 Å². The van der Waals surface area contributed by atoms with E-state index >= 15 is 0 Å². The Morgan fingerprint density at radius 3 is 2.62 bits per heavy atom. The Morgan fingerprint density at radius 2 is 2.00 bits per heavy atom. The van der Waals surface area contributed by atoms with Gasteiger partial charge in [-0.3, -0.25) is 4.79 Å². The lowest BCUT2D eigenvalue weighted by molar-refractivity contribution is -0.132. The van der Waals surface area contributed by atoms with Gasteiger partial charge < -0.3 is 15.2 Å². The molecule has 21 heavy (non-hydrogen) atoms. The van der Waals surface area contributed by atoms with Gasteiger partial charge in [0.05, 0.1) is 0 Å². The predicted molar refractivity (Wildman–Crippen MR) is 79.7 cm³/mol. The molecule has 1 saturated heterocycles. The van der Waals surface area contributed by atoms with Gasteiger partial charge in [0.15, 0.2) is 5.82 Å². The van der Waals surface area contributed by atoms with Crippen LogP contribution < -0.4 is 5.73 Å². The van der Waals surface area contributed by atoms with Crippen molar-refractivity contribution in [3.63, 3.8) is 0 Å². The van der Waals surface area contributed by atoms with Crippen molar-refractivity contribution in [2.75, 3.05) is 19.6 Å². The fourth-order valence-corrected chi connectivity index (χ4v) is 2.79. The highest BCUT2D eigenvalue weighted by Crippen LogP contribution is 2.27. The number of amides is 1. The van der Waals surface area contributed by atoms with Crippen LogP contribution in [-0.2, 0) is 4.79 Å². The average molecular weight is 294 g/mol. The summed E-state index contributed by atoms with van der Waals surface area (Å²) in [6, 6.07) is 0. The van der Waals surface area contributed by atoms with Gasteiger partial charge in [-0.25, -0.2) is 0 Å². The van der Waals surface area contributed by atoms with Crippen molar-refractivity contribution in [3.8, 4) is 0 Å². The van der Waals surface area contributed by atoms with Crippen molar-refractivity contribution in [2.45, 2.75) is 57.8 Å². The van der Waals surface area contributed by atoms with Crippen molar-refractivity contribution in [1.29, 1.82) is 0 Å². The van der Waals surface area contributed by atoms with E-state index in [1.54, 1.807) is 0 Å². The van der Waals surface area contributed by atoms with Crippen LogP contribution in [-0.4, -0.2) is 40.6 Å². The molecule has 0 bridgehead atoms. The molecule has 0 saturated carbocycles. The predicted octanol–water partition coefficient (Wildman–Crippen LogP) is 1.99. The zero-order valence-corrected chi connectivity index (χ0v) is 12.9. The lowest BCUT2D eigenvalue weighted by Crippen LogP contribution is -2.37. The number of hydrogen-bond donors (Lipinski definition) is 1. The second-order valence-electron chi connectivity index (χ2n) is 5.79. The van der Waals surface area contributed by atoms with Crippen LogP contribution in [0, 0.1) is 6.92 Å². The van der Waals surface area contributed by atoms with E-state index < -0.39 is 0 Å². The third-order valence-electron chi connectivity index (χ3n) is 4.08. The van der Waals surface area contributed by atoms with E-state index in [0.29, 0.717) is 18.2 Å². The van der Waals surface area contributed by atoms with Crippen LogP contribution in [0.5, 0.6) is 0 Å². The number of carbonyl (C=O) groups is 1. The number of rotatable bonds is 7. The fraction of sp³-hybridized carbons (Fsp3) is 0.800. The molecule has 1 aliphatic rings. The quantitative estimate of drug-likeness (QED) is 0.777. The summed E-state index contributed by atoms with van der Waals surface area (Å²) < 4.78 is 5.23. The number of aromatic nitrogens is 2. The lowest BCUT2D eigenvalue weighted by Gasteiger charge is -2.30. The molecule has 1 aromatic rings. The number of nitrogens with zero attached hydrogens (tertiary/aromatic N) is 3. The third-order valence-corrected chi connectivity index (χ3v) is 4.08. The van der Waals surface area contributed by atoms with Crippen LogP contribution in [0.15, 0.2) is 4.52 Å². The van der Waals surface area contributed by atoms with E-state index in [1.165, 1.54) is 0 Å². The molecule has 1 fully saturated rings. The Hall–Kier alpha value is -1.43. The minimum absolute atomic E-state index is 0.280. The number of carbonyl (C=O) groups excluding carboxylic acids is 1. The van der Waals surface area contributed by atoms with Crippen molar-refractivity contribution in [1.82, 2.24) is 15.0 Å². The van der Waals surface area contributed by atoms with Crippen LogP contribution in [0.1, 0.15) is 62.6 Å². The molecule has 1 amide bonds. The zero-order chi connectivity index (χ0) is 15.1. The normalized spacial score (nSPS) is 16.4. The Bertz CT molecular complexity index is 439. The Morgan fingerprint density at radius 1 is 1.29 bits per heavy atom. The topological polar surface area (TPSA) is 85.2 Å². The van der Waals surface area contributed by atoms with Crippen molar-refractivity contribution in [3.05, 3.63) is 11.7 Å². The summed E-state index contributed by atoms with van der Waals surface area (Å²) in [6.07, 6.45) is 6.75. The van der Waals surface area contributed by atoms with Crippen LogP contribution in [0.4, 0.5) is 0 Å². The summed E-state index contributed by atoms with van der Waals surface area (Å²) in [7, 11) is 0. The highest BCUT2D eigenvalue weighted by molar-refractivity contribution is 5.76. The summed E-state index contributed by atoms with van der Waals surface area (Å²) in [5.74, 6) is 1.99. The van der Waals surface area contributed by atoms with Crippen LogP contribution in [0.25, 0.3) is 0 Å². The maximum absolute atomic E-state index is 12.1. The van der Waals surface area contributed by atoms with Gasteiger partial charge >= 0.3 is 0 Å². The molecule has 0 aromatic carbocycles. The lowest BCUT2D eigenvalue weighted by atomic mass is 9.96. The first-order chi connectivity index (χ1) is 10.2. The molecule has 0 spiro atoms. The molecular weight excluding hydrogens is 268 g/mol. The fourth-order valence-electron chi connectivity index (χ4n) is 2.79. The number of hydrogen-bond acceptors (Lipinski definition) is 5. The van der Waals surface area contributed by atoms with Gasteiger partial charge in [-0.2, -0.15) is 4.98 Å². The SMILES string of the molecule is Cc1noc(C2CCN(C(=O)CCCCCCN)CC2)n1. The Balaban J connectivity index is 1.67. The highest BCUT2D eigenvalue weighted by atomic mass is 16.5. The largest absolute Gasteiger partial charge is 0.343 e. The standard InChI is InChI=1S/C15H26N4O2/c1-12-17-15(21-18-12)13-7-10-19(11-8-13)14(20)6-4-2-3-5-9-16/h13H,2-11,16H2,1H3. The first-order valence-corrected chi connectivity index (χ1v) is 7.98. The molecule has 0 atom stereocenters. The molecule has 2 rings (SSSR count). The maximum atomic E-state index is 12.1. The smallest absolute Gasteiger partial charge is 0.229 e.